The summed E-state index contributed by atoms with van der Waals surface area (Å²) in [4.78, 5) is 43.0. The van der Waals surface area contributed by atoms with E-state index in [2.05, 4.69) is 10.3 Å². The van der Waals surface area contributed by atoms with Gasteiger partial charge < -0.3 is 15.3 Å². The van der Waals surface area contributed by atoms with Crippen LogP contribution in [0.3, 0.4) is 0 Å². The zero-order valence-electron chi connectivity index (χ0n) is 24.0. The van der Waals surface area contributed by atoms with Crippen LogP contribution >= 0.6 is 23.2 Å². The van der Waals surface area contributed by atoms with Crippen LogP contribution in [-0.2, 0) is 11.3 Å². The van der Waals surface area contributed by atoms with Gasteiger partial charge in [-0.1, -0.05) is 50.4 Å². The van der Waals surface area contributed by atoms with Gasteiger partial charge in [-0.3, -0.25) is 14.3 Å². The van der Waals surface area contributed by atoms with Crippen molar-refractivity contribution in [3.63, 3.8) is 0 Å². The molecule has 0 spiro atoms. The number of aromatic nitrogens is 4. The SMILES string of the molecule is CC(C)(C)C1c2nc(-c3ccc(Cl)c(Cl)c3)n(-c3ccnc(NC4CCCN(C(=O)C5CCC5)C4)n3)c2CN1C(=O)O. The minimum atomic E-state index is -1.00. The number of likely N-dealkylation sites (tertiary alicyclic amines) is 1. The molecule has 2 atom stereocenters. The number of nitrogens with zero attached hydrogens (tertiary/aromatic N) is 6. The van der Waals surface area contributed by atoms with E-state index in [1.54, 1.807) is 24.4 Å². The van der Waals surface area contributed by atoms with Crippen LogP contribution in [0.5, 0.6) is 0 Å². The lowest BCUT2D eigenvalue weighted by atomic mass is 9.84. The first-order valence-electron chi connectivity index (χ1n) is 14.5. The molecule has 1 aromatic carbocycles. The quantitative estimate of drug-likeness (QED) is 0.342. The Morgan fingerprint density at radius 3 is 2.50 bits per heavy atom. The van der Waals surface area contributed by atoms with Crippen LogP contribution in [0, 0.1) is 11.3 Å². The Morgan fingerprint density at radius 2 is 1.83 bits per heavy atom. The Labute approximate surface area is 255 Å². The Morgan fingerprint density at radius 1 is 1.05 bits per heavy atom. The van der Waals surface area contributed by atoms with Crippen LogP contribution in [0.4, 0.5) is 10.7 Å². The highest BCUT2D eigenvalue weighted by Crippen LogP contribution is 2.47. The highest BCUT2D eigenvalue weighted by Gasteiger charge is 2.45. The molecular weight excluding hydrogens is 577 g/mol. The standard InChI is InChI=1S/C30H35Cl2N7O3/c1-30(2,3)25-24-22(16-38(25)29(41)42)39(26(36-24)18-9-10-20(31)21(32)14-18)23-11-12-33-28(35-23)34-19-8-5-13-37(15-19)27(40)17-6-4-7-17/h9-12,14,17,19,25H,4-8,13,15-16H2,1-3H3,(H,41,42)(H,33,34,35). The number of nitrogens with one attached hydrogen (secondary N) is 1. The van der Waals surface area contributed by atoms with Crippen molar-refractivity contribution in [2.24, 2.45) is 11.3 Å². The van der Waals surface area contributed by atoms with Crippen molar-refractivity contribution in [3.8, 4) is 17.2 Å². The summed E-state index contributed by atoms with van der Waals surface area (Å²) in [6, 6.07) is 6.70. The van der Waals surface area contributed by atoms with Crippen LogP contribution in [0.2, 0.25) is 10.0 Å². The smallest absolute Gasteiger partial charge is 0.408 e. The van der Waals surface area contributed by atoms with Crippen molar-refractivity contribution < 1.29 is 14.7 Å². The summed E-state index contributed by atoms with van der Waals surface area (Å²) < 4.78 is 1.90. The minimum absolute atomic E-state index is 0.0360. The predicted octanol–water partition coefficient (Wildman–Crippen LogP) is 6.42. The maximum atomic E-state index is 12.9. The summed E-state index contributed by atoms with van der Waals surface area (Å²) >= 11 is 12.6. The van der Waals surface area contributed by atoms with Crippen molar-refractivity contribution >= 4 is 41.2 Å². The summed E-state index contributed by atoms with van der Waals surface area (Å²) in [5, 5.41) is 14.4. The molecular formula is C30H35Cl2N7O3. The number of anilines is 1. The molecule has 1 saturated carbocycles. The Hall–Kier alpha value is -3.37. The Kier molecular flexibility index (Phi) is 7.55. The van der Waals surface area contributed by atoms with E-state index in [4.69, 9.17) is 33.2 Å². The van der Waals surface area contributed by atoms with E-state index in [1.165, 1.54) is 4.90 Å². The highest BCUT2D eigenvalue weighted by molar-refractivity contribution is 6.42. The third-order valence-electron chi connectivity index (χ3n) is 8.53. The van der Waals surface area contributed by atoms with Gasteiger partial charge in [-0.15, -0.1) is 0 Å². The number of carbonyl (C=O) groups is 2. The summed E-state index contributed by atoms with van der Waals surface area (Å²) in [6.45, 7) is 7.61. The maximum Gasteiger partial charge on any atom is 0.408 e. The van der Waals surface area contributed by atoms with Crippen LogP contribution in [0.15, 0.2) is 30.5 Å². The fraction of sp³-hybridized carbons (Fsp3) is 0.500. The van der Waals surface area contributed by atoms with Crippen LogP contribution < -0.4 is 5.32 Å². The van der Waals surface area contributed by atoms with E-state index in [1.807, 2.05) is 36.3 Å². The zero-order valence-corrected chi connectivity index (χ0v) is 25.5. The molecule has 10 nitrogen and oxygen atoms in total. The van der Waals surface area contributed by atoms with Gasteiger partial charge in [0.2, 0.25) is 11.9 Å². The van der Waals surface area contributed by atoms with Crippen LogP contribution in [0.1, 0.15) is 70.3 Å². The monoisotopic (exact) mass is 611 g/mol. The summed E-state index contributed by atoms with van der Waals surface area (Å²) in [6.07, 6.45) is 5.63. The fourth-order valence-electron chi connectivity index (χ4n) is 6.31. The summed E-state index contributed by atoms with van der Waals surface area (Å²) in [5.41, 5.74) is 1.77. The number of piperidine rings is 1. The molecule has 4 heterocycles. The molecule has 0 radical (unpaired) electrons. The summed E-state index contributed by atoms with van der Waals surface area (Å²) in [5.74, 6) is 2.03. The first kappa shape index (κ1) is 28.7. The number of carboxylic acid groups (broad SMARTS) is 1. The maximum absolute atomic E-state index is 12.9. The number of fused-ring (bicyclic) bond motifs is 1. The molecule has 1 saturated heterocycles. The number of hydrogen-bond donors (Lipinski definition) is 2. The van der Waals surface area contributed by atoms with Gasteiger partial charge in [0.05, 0.1) is 34.0 Å². The molecule has 2 fully saturated rings. The molecule has 2 N–H and O–H groups in total. The normalized spacial score (nSPS) is 20.8. The second-order valence-corrected chi connectivity index (χ2v) is 13.4. The average Bonchev–Trinajstić information content (AvgIpc) is 3.46. The first-order valence-corrected chi connectivity index (χ1v) is 15.2. The molecule has 1 aliphatic carbocycles. The van der Waals surface area contributed by atoms with E-state index in [9.17, 15) is 14.7 Å². The van der Waals surface area contributed by atoms with Gasteiger partial charge in [0.25, 0.3) is 0 Å². The van der Waals surface area contributed by atoms with E-state index in [-0.39, 0.29) is 24.4 Å². The molecule has 0 bridgehead atoms. The van der Waals surface area contributed by atoms with Crippen LogP contribution in [-0.4, -0.2) is 65.6 Å². The van der Waals surface area contributed by atoms with Gasteiger partial charge in [-0.2, -0.15) is 4.98 Å². The molecule has 2 unspecified atom stereocenters. The highest BCUT2D eigenvalue weighted by atomic mass is 35.5. The number of rotatable bonds is 5. The molecule has 222 valence electrons. The molecule has 42 heavy (non-hydrogen) atoms. The van der Waals surface area contributed by atoms with Gasteiger partial charge in [0, 0.05) is 36.8 Å². The fourth-order valence-corrected chi connectivity index (χ4v) is 6.61. The van der Waals surface area contributed by atoms with Crippen LogP contribution in [0.25, 0.3) is 17.2 Å². The lowest BCUT2D eigenvalue weighted by Gasteiger charge is -2.37. The average molecular weight is 613 g/mol. The van der Waals surface area contributed by atoms with E-state index < -0.39 is 17.6 Å². The third kappa shape index (κ3) is 5.30. The molecule has 2 amide bonds. The number of carbonyl (C=O) groups excluding carboxylic acids is 1. The lowest BCUT2D eigenvalue weighted by molar-refractivity contribution is -0.139. The van der Waals surface area contributed by atoms with Gasteiger partial charge in [-0.05, 0) is 55.4 Å². The van der Waals surface area contributed by atoms with Crippen molar-refractivity contribution in [2.75, 3.05) is 18.4 Å². The number of halogens is 2. The largest absolute Gasteiger partial charge is 0.465 e. The number of hydrogen-bond acceptors (Lipinski definition) is 6. The van der Waals surface area contributed by atoms with E-state index in [0.717, 1.165) is 49.9 Å². The van der Waals surface area contributed by atoms with E-state index >= 15 is 0 Å². The number of amides is 2. The molecule has 2 aliphatic heterocycles. The second-order valence-electron chi connectivity index (χ2n) is 12.5. The molecule has 12 heteroatoms. The minimum Gasteiger partial charge on any atom is -0.465 e. The van der Waals surface area contributed by atoms with Gasteiger partial charge in [0.1, 0.15) is 11.6 Å². The van der Waals surface area contributed by atoms with Gasteiger partial charge in [-0.25, -0.2) is 14.8 Å². The van der Waals surface area contributed by atoms with E-state index in [0.29, 0.717) is 39.9 Å². The Balaban J connectivity index is 1.37. The van der Waals surface area contributed by atoms with Crippen molar-refractivity contribution in [1.82, 2.24) is 29.3 Å². The molecule has 3 aliphatic rings. The number of benzene rings is 1. The van der Waals surface area contributed by atoms with Gasteiger partial charge >= 0.3 is 6.09 Å². The van der Waals surface area contributed by atoms with Gasteiger partial charge in [0.15, 0.2) is 0 Å². The zero-order chi connectivity index (χ0) is 29.8. The summed E-state index contributed by atoms with van der Waals surface area (Å²) in [7, 11) is 0. The lowest BCUT2D eigenvalue weighted by Crippen LogP contribution is -2.48. The topological polar surface area (TPSA) is 116 Å². The first-order chi connectivity index (χ1) is 20.0. The molecule has 6 rings (SSSR count). The number of imidazole rings is 1. The Bertz CT molecular complexity index is 1530. The second kappa shape index (κ2) is 11.0. The molecule has 2 aromatic heterocycles. The van der Waals surface area contributed by atoms with Crippen molar-refractivity contribution in [3.05, 3.63) is 51.9 Å². The third-order valence-corrected chi connectivity index (χ3v) is 9.27. The predicted molar refractivity (Wildman–Crippen MR) is 161 cm³/mol. The molecule has 3 aromatic rings. The van der Waals surface area contributed by atoms with Crippen molar-refractivity contribution in [2.45, 2.75) is 71.5 Å². The van der Waals surface area contributed by atoms with Crippen molar-refractivity contribution in [1.29, 1.82) is 0 Å².